The average Bonchev–Trinajstić information content (AvgIpc) is 2.81. The molecule has 0 saturated carbocycles. The lowest BCUT2D eigenvalue weighted by atomic mass is 10.4. The highest BCUT2D eigenvalue weighted by atomic mass is 16.1. The quantitative estimate of drug-likeness (QED) is 0.765. The van der Waals surface area contributed by atoms with E-state index >= 15 is 0 Å². The highest BCUT2D eigenvalue weighted by Gasteiger charge is 2.03. The Bertz CT molecular complexity index is 565. The van der Waals surface area contributed by atoms with Crippen molar-refractivity contribution in [1.82, 2.24) is 24.8 Å². The summed E-state index contributed by atoms with van der Waals surface area (Å²) in [5.74, 6) is 2.29. The maximum absolute atomic E-state index is 10.7. The molecule has 100 valence electrons. The lowest BCUT2D eigenvalue weighted by Crippen LogP contribution is -2.26. The highest BCUT2D eigenvalue weighted by molar-refractivity contribution is 5.72. The van der Waals surface area contributed by atoms with Gasteiger partial charge in [-0.1, -0.05) is 0 Å². The molecule has 2 aromatic heterocycles. The van der Waals surface area contributed by atoms with Gasteiger partial charge in [-0.2, -0.15) is 0 Å². The Morgan fingerprint density at radius 3 is 2.84 bits per heavy atom. The predicted octanol–water partition coefficient (Wildman–Crippen LogP) is 0.519. The molecule has 0 unspecified atom stereocenters. The summed E-state index contributed by atoms with van der Waals surface area (Å²) in [6, 6.07) is 1.84. The van der Waals surface area contributed by atoms with Crippen LogP contribution in [-0.4, -0.2) is 38.5 Å². The molecule has 7 nitrogen and oxygen atoms in total. The van der Waals surface area contributed by atoms with Crippen LogP contribution < -0.4 is 10.6 Å². The van der Waals surface area contributed by atoms with Gasteiger partial charge in [0.25, 0.3) is 0 Å². The minimum atomic E-state index is -0.0424. The first-order valence-corrected chi connectivity index (χ1v) is 5.97. The van der Waals surface area contributed by atoms with Crippen molar-refractivity contribution in [2.45, 2.75) is 13.8 Å². The number of hydrogen-bond acceptors (Lipinski definition) is 5. The standard InChI is InChI=1S/C12H16N6O/c1-9-13-5-6-18(9)12-7-11(16-8-17-12)15-4-3-14-10(2)19/h5-8H,3-4H2,1-2H3,(H,14,19)(H,15,16,17). The molecular weight excluding hydrogens is 244 g/mol. The third-order valence-corrected chi connectivity index (χ3v) is 2.53. The van der Waals surface area contributed by atoms with Gasteiger partial charge < -0.3 is 10.6 Å². The maximum Gasteiger partial charge on any atom is 0.216 e. The van der Waals surface area contributed by atoms with Gasteiger partial charge in [0.05, 0.1) is 0 Å². The summed E-state index contributed by atoms with van der Waals surface area (Å²) in [6.45, 7) is 4.56. The van der Waals surface area contributed by atoms with Crippen molar-refractivity contribution >= 4 is 11.7 Å². The van der Waals surface area contributed by atoms with Crippen LogP contribution in [0.1, 0.15) is 12.7 Å². The zero-order valence-electron chi connectivity index (χ0n) is 10.9. The number of amides is 1. The van der Waals surface area contributed by atoms with Crippen molar-refractivity contribution in [2.24, 2.45) is 0 Å². The van der Waals surface area contributed by atoms with E-state index in [1.807, 2.05) is 23.8 Å². The minimum Gasteiger partial charge on any atom is -0.368 e. The summed E-state index contributed by atoms with van der Waals surface area (Å²) in [5.41, 5.74) is 0. The van der Waals surface area contributed by atoms with Crippen molar-refractivity contribution in [1.29, 1.82) is 0 Å². The molecule has 0 aromatic carbocycles. The summed E-state index contributed by atoms with van der Waals surface area (Å²) >= 11 is 0. The van der Waals surface area contributed by atoms with Gasteiger partial charge in [-0.3, -0.25) is 9.36 Å². The monoisotopic (exact) mass is 260 g/mol. The van der Waals surface area contributed by atoms with Crippen LogP contribution in [0.3, 0.4) is 0 Å². The first kappa shape index (κ1) is 13.0. The van der Waals surface area contributed by atoms with Crippen molar-refractivity contribution < 1.29 is 4.79 Å². The zero-order valence-corrected chi connectivity index (χ0v) is 10.9. The van der Waals surface area contributed by atoms with Crippen molar-refractivity contribution in [2.75, 3.05) is 18.4 Å². The summed E-state index contributed by atoms with van der Waals surface area (Å²) in [5, 5.41) is 5.83. The number of nitrogens with one attached hydrogen (secondary N) is 2. The van der Waals surface area contributed by atoms with Crippen LogP contribution in [0.4, 0.5) is 5.82 Å². The number of rotatable bonds is 5. The highest BCUT2D eigenvalue weighted by Crippen LogP contribution is 2.10. The Labute approximate surface area is 111 Å². The van der Waals surface area contributed by atoms with Gasteiger partial charge in [0.2, 0.25) is 5.91 Å². The van der Waals surface area contributed by atoms with Crippen LogP contribution in [-0.2, 0) is 4.79 Å². The zero-order chi connectivity index (χ0) is 13.7. The normalized spacial score (nSPS) is 10.2. The fraction of sp³-hybridized carbons (Fsp3) is 0.333. The molecule has 0 aliphatic heterocycles. The summed E-state index contributed by atoms with van der Waals surface area (Å²) in [4.78, 5) is 23.2. The molecule has 2 N–H and O–H groups in total. The van der Waals surface area contributed by atoms with Gasteiger partial charge in [0, 0.05) is 38.5 Å². The number of carbonyl (C=O) groups excluding carboxylic acids is 1. The lowest BCUT2D eigenvalue weighted by Gasteiger charge is -2.08. The molecule has 7 heteroatoms. The first-order valence-electron chi connectivity index (χ1n) is 5.97. The Balaban J connectivity index is 2.00. The Morgan fingerprint density at radius 1 is 1.32 bits per heavy atom. The van der Waals surface area contributed by atoms with Gasteiger partial charge in [0.15, 0.2) is 0 Å². The molecule has 0 fully saturated rings. The van der Waals surface area contributed by atoms with Crippen LogP contribution in [0.25, 0.3) is 5.82 Å². The van der Waals surface area contributed by atoms with Crippen LogP contribution in [0.5, 0.6) is 0 Å². The third-order valence-electron chi connectivity index (χ3n) is 2.53. The maximum atomic E-state index is 10.7. The molecule has 2 rings (SSSR count). The van der Waals surface area contributed by atoms with Crippen LogP contribution in [0.15, 0.2) is 24.8 Å². The molecule has 2 heterocycles. The van der Waals surface area contributed by atoms with Crippen molar-refractivity contribution in [3.05, 3.63) is 30.6 Å². The van der Waals surface area contributed by atoms with Gasteiger partial charge in [-0.15, -0.1) is 0 Å². The fourth-order valence-corrected chi connectivity index (χ4v) is 1.62. The Morgan fingerprint density at radius 2 is 2.16 bits per heavy atom. The van der Waals surface area contributed by atoms with E-state index < -0.39 is 0 Å². The van der Waals surface area contributed by atoms with Crippen LogP contribution in [0.2, 0.25) is 0 Å². The van der Waals surface area contributed by atoms with Crippen LogP contribution >= 0.6 is 0 Å². The van der Waals surface area contributed by atoms with Crippen LogP contribution in [0, 0.1) is 6.92 Å². The molecule has 19 heavy (non-hydrogen) atoms. The topological polar surface area (TPSA) is 84.7 Å². The Kier molecular flexibility index (Phi) is 4.07. The number of carbonyl (C=O) groups is 1. The SMILES string of the molecule is CC(=O)NCCNc1cc(-n2ccnc2C)ncn1. The van der Waals surface area contributed by atoms with Gasteiger partial charge in [-0.25, -0.2) is 15.0 Å². The second kappa shape index (κ2) is 5.94. The van der Waals surface area contributed by atoms with Gasteiger partial charge in [-0.05, 0) is 6.92 Å². The smallest absolute Gasteiger partial charge is 0.216 e. The largest absolute Gasteiger partial charge is 0.368 e. The first-order chi connectivity index (χ1) is 9.16. The number of aromatic nitrogens is 4. The molecule has 0 spiro atoms. The number of nitrogens with zero attached hydrogens (tertiary/aromatic N) is 4. The van der Waals surface area contributed by atoms with E-state index in [-0.39, 0.29) is 5.91 Å². The number of anilines is 1. The van der Waals surface area contributed by atoms with E-state index in [1.165, 1.54) is 13.3 Å². The van der Waals surface area contributed by atoms with Crippen molar-refractivity contribution in [3.63, 3.8) is 0 Å². The third kappa shape index (κ3) is 3.51. The van der Waals surface area contributed by atoms with E-state index in [0.717, 1.165) is 11.6 Å². The lowest BCUT2D eigenvalue weighted by molar-refractivity contribution is -0.118. The van der Waals surface area contributed by atoms with E-state index in [1.54, 1.807) is 6.20 Å². The molecule has 0 saturated heterocycles. The summed E-state index contributed by atoms with van der Waals surface area (Å²) < 4.78 is 1.88. The summed E-state index contributed by atoms with van der Waals surface area (Å²) in [7, 11) is 0. The molecule has 0 aliphatic rings. The molecular formula is C12H16N6O. The average molecular weight is 260 g/mol. The molecule has 0 bridgehead atoms. The Hall–Kier alpha value is -2.44. The molecule has 2 aromatic rings. The van der Waals surface area contributed by atoms with Crippen molar-refractivity contribution in [3.8, 4) is 5.82 Å². The summed E-state index contributed by atoms with van der Waals surface area (Å²) in [6.07, 6.45) is 5.07. The van der Waals surface area contributed by atoms with Gasteiger partial charge >= 0.3 is 0 Å². The molecule has 1 amide bonds. The molecule has 0 radical (unpaired) electrons. The second-order valence-electron chi connectivity index (χ2n) is 4.02. The predicted molar refractivity (Wildman–Crippen MR) is 71.1 cm³/mol. The molecule has 0 atom stereocenters. The van der Waals surface area contributed by atoms with E-state index in [4.69, 9.17) is 0 Å². The minimum absolute atomic E-state index is 0.0424. The second-order valence-corrected chi connectivity index (χ2v) is 4.02. The van der Waals surface area contributed by atoms with E-state index in [2.05, 4.69) is 25.6 Å². The number of aryl methyl sites for hydroxylation is 1. The van der Waals surface area contributed by atoms with Gasteiger partial charge in [0.1, 0.15) is 23.8 Å². The van der Waals surface area contributed by atoms with E-state index in [0.29, 0.717) is 18.9 Å². The number of imidazole rings is 1. The number of hydrogen-bond donors (Lipinski definition) is 2. The molecule has 0 aliphatic carbocycles. The fourth-order valence-electron chi connectivity index (χ4n) is 1.62. The van der Waals surface area contributed by atoms with E-state index in [9.17, 15) is 4.79 Å².